The van der Waals surface area contributed by atoms with E-state index in [0.717, 1.165) is 17.7 Å². The molecule has 104 valence electrons. The maximum atomic E-state index is 11.7. The van der Waals surface area contributed by atoms with E-state index in [0.29, 0.717) is 16.4 Å². The number of nitrogens with zero attached hydrogens (tertiary/aromatic N) is 2. The molecule has 8 heteroatoms. The molecule has 1 aromatic carbocycles. The minimum absolute atomic E-state index is 0.206. The molecular weight excluding hydrogens is 278 g/mol. The van der Waals surface area contributed by atoms with Gasteiger partial charge in [-0.05, 0) is 42.8 Å². The Kier molecular flexibility index (Phi) is 3.01. The van der Waals surface area contributed by atoms with Crippen LogP contribution < -0.4 is 17.2 Å². The number of aromatic nitrogens is 3. The zero-order valence-electron chi connectivity index (χ0n) is 10.5. The predicted molar refractivity (Wildman–Crippen MR) is 74.6 cm³/mol. The van der Waals surface area contributed by atoms with Gasteiger partial charge in [0.2, 0.25) is 5.91 Å². The molecule has 1 amide bonds. The van der Waals surface area contributed by atoms with E-state index in [4.69, 9.17) is 11.5 Å². The lowest BCUT2D eigenvalue weighted by Crippen LogP contribution is -2.16. The molecule has 1 saturated carbocycles. The summed E-state index contributed by atoms with van der Waals surface area (Å²) in [5.41, 5.74) is 11.7. The zero-order chi connectivity index (χ0) is 14.3. The number of nitrogen functional groups attached to an aromatic ring is 1. The summed E-state index contributed by atoms with van der Waals surface area (Å²) in [7, 11) is 0. The number of hydrogen-bond donors (Lipinski definition) is 3. The van der Waals surface area contributed by atoms with Crippen molar-refractivity contribution in [1.29, 1.82) is 0 Å². The Morgan fingerprint density at radius 1 is 1.45 bits per heavy atom. The van der Waals surface area contributed by atoms with E-state index < -0.39 is 5.91 Å². The highest BCUT2D eigenvalue weighted by Crippen LogP contribution is 2.38. The highest BCUT2D eigenvalue weighted by Gasteiger charge is 2.28. The Hall–Kier alpha value is -2.22. The summed E-state index contributed by atoms with van der Waals surface area (Å²) >= 11 is 1.29. The molecule has 1 fully saturated rings. The Balaban J connectivity index is 1.92. The highest BCUT2D eigenvalue weighted by atomic mass is 32.2. The average Bonchev–Trinajstić information content (AvgIpc) is 3.17. The number of amides is 1. The molecule has 7 nitrogen and oxygen atoms in total. The molecule has 5 N–H and O–H groups in total. The molecule has 2 aromatic rings. The summed E-state index contributed by atoms with van der Waals surface area (Å²) in [5.74, 6) is -0.525. The summed E-state index contributed by atoms with van der Waals surface area (Å²) < 4.78 is 1.64. The number of rotatable bonds is 4. The largest absolute Gasteiger partial charge is 0.398 e. The van der Waals surface area contributed by atoms with Gasteiger partial charge in [0, 0.05) is 22.2 Å². The first-order valence-electron chi connectivity index (χ1n) is 6.10. The number of aromatic amines is 1. The molecule has 0 spiro atoms. The van der Waals surface area contributed by atoms with Crippen molar-refractivity contribution < 1.29 is 4.79 Å². The molecule has 0 aliphatic heterocycles. The van der Waals surface area contributed by atoms with Crippen molar-refractivity contribution in [2.45, 2.75) is 28.9 Å². The van der Waals surface area contributed by atoms with Gasteiger partial charge in [0.25, 0.3) is 0 Å². The third kappa shape index (κ3) is 2.29. The fourth-order valence-electron chi connectivity index (χ4n) is 1.91. The first kappa shape index (κ1) is 12.8. The first-order valence-corrected chi connectivity index (χ1v) is 6.92. The lowest BCUT2D eigenvalue weighted by atomic mass is 10.2. The molecule has 1 heterocycles. The number of carbonyl (C=O) groups excluding carboxylic acids is 1. The number of H-pyrrole nitrogens is 1. The summed E-state index contributed by atoms with van der Waals surface area (Å²) in [6, 6.07) is 5.07. The van der Waals surface area contributed by atoms with Crippen LogP contribution in [0, 0.1) is 0 Å². The summed E-state index contributed by atoms with van der Waals surface area (Å²) in [6.07, 6.45) is 1.98. The van der Waals surface area contributed by atoms with Gasteiger partial charge in [-0.2, -0.15) is 0 Å². The van der Waals surface area contributed by atoms with Gasteiger partial charge in [-0.25, -0.2) is 9.89 Å². The number of anilines is 1. The number of benzene rings is 1. The van der Waals surface area contributed by atoms with Crippen molar-refractivity contribution in [3.63, 3.8) is 0 Å². The van der Waals surface area contributed by atoms with E-state index in [1.807, 2.05) is 0 Å². The zero-order valence-corrected chi connectivity index (χ0v) is 11.3. The van der Waals surface area contributed by atoms with Crippen molar-refractivity contribution in [1.82, 2.24) is 14.8 Å². The van der Waals surface area contributed by atoms with Crippen LogP contribution in [0.4, 0.5) is 5.69 Å². The van der Waals surface area contributed by atoms with Gasteiger partial charge < -0.3 is 11.5 Å². The van der Waals surface area contributed by atoms with Crippen LogP contribution in [0.5, 0.6) is 0 Å². The summed E-state index contributed by atoms with van der Waals surface area (Å²) in [6.45, 7) is 0. The molecule has 0 atom stereocenters. The van der Waals surface area contributed by atoms with Crippen molar-refractivity contribution >= 4 is 23.4 Å². The molecule has 0 unspecified atom stereocenters. The van der Waals surface area contributed by atoms with Gasteiger partial charge in [0.15, 0.2) is 5.16 Å². The quantitative estimate of drug-likeness (QED) is 0.717. The number of hydrogen-bond acceptors (Lipinski definition) is 5. The van der Waals surface area contributed by atoms with Crippen LogP contribution in [-0.2, 0) is 0 Å². The lowest BCUT2D eigenvalue weighted by Gasteiger charge is -2.07. The minimum atomic E-state index is -0.525. The molecular formula is C12H13N5O2S. The Labute approximate surface area is 118 Å². The highest BCUT2D eigenvalue weighted by molar-refractivity contribution is 7.99. The van der Waals surface area contributed by atoms with Crippen molar-refractivity contribution in [2.24, 2.45) is 5.73 Å². The number of carbonyl (C=O) groups is 1. The normalized spacial score (nSPS) is 14.4. The van der Waals surface area contributed by atoms with E-state index in [9.17, 15) is 9.59 Å². The second-order valence-electron chi connectivity index (χ2n) is 4.63. The van der Waals surface area contributed by atoms with E-state index >= 15 is 0 Å². The molecule has 1 aliphatic carbocycles. The first-order chi connectivity index (χ1) is 9.56. The Bertz CT molecular complexity index is 732. The number of nitrogens with two attached hydrogens (primary N) is 2. The van der Waals surface area contributed by atoms with Gasteiger partial charge >= 0.3 is 5.69 Å². The maximum Gasteiger partial charge on any atom is 0.344 e. The van der Waals surface area contributed by atoms with Crippen molar-refractivity contribution in [3.05, 3.63) is 34.2 Å². The Morgan fingerprint density at radius 3 is 2.80 bits per heavy atom. The van der Waals surface area contributed by atoms with Crippen LogP contribution in [0.15, 0.2) is 33.0 Å². The second-order valence-corrected chi connectivity index (χ2v) is 5.64. The fraction of sp³-hybridized carbons (Fsp3) is 0.250. The van der Waals surface area contributed by atoms with E-state index in [1.54, 1.807) is 16.7 Å². The van der Waals surface area contributed by atoms with Crippen LogP contribution in [0.1, 0.15) is 29.2 Å². The van der Waals surface area contributed by atoms with Gasteiger partial charge in [0.05, 0.1) is 0 Å². The van der Waals surface area contributed by atoms with E-state index in [2.05, 4.69) is 10.2 Å². The van der Waals surface area contributed by atoms with Gasteiger partial charge in [-0.1, -0.05) is 0 Å². The van der Waals surface area contributed by atoms with Gasteiger partial charge in [0.1, 0.15) is 0 Å². The van der Waals surface area contributed by atoms with Crippen molar-refractivity contribution in [2.75, 3.05) is 5.73 Å². The van der Waals surface area contributed by atoms with Crippen LogP contribution in [0.25, 0.3) is 0 Å². The fourth-order valence-corrected chi connectivity index (χ4v) is 2.84. The Morgan fingerprint density at radius 2 is 2.20 bits per heavy atom. The molecule has 20 heavy (non-hydrogen) atoms. The minimum Gasteiger partial charge on any atom is -0.398 e. The molecule has 0 saturated heterocycles. The predicted octanol–water partition coefficient (Wildman–Crippen LogP) is 0.739. The SMILES string of the molecule is NC(=O)c1ccc(Sc2n[nH]c(=O)n2C2CC2)c(N)c1. The van der Waals surface area contributed by atoms with Crippen LogP contribution in [0.2, 0.25) is 0 Å². The molecule has 1 aliphatic rings. The third-order valence-electron chi connectivity index (χ3n) is 3.08. The topological polar surface area (TPSA) is 120 Å². The molecule has 0 bridgehead atoms. The van der Waals surface area contributed by atoms with E-state index in [-0.39, 0.29) is 11.7 Å². The standard InChI is InChI=1S/C12H13N5O2S/c13-8-5-6(10(14)18)1-4-9(8)20-12-16-15-11(19)17(12)7-2-3-7/h1,4-5,7H,2-3,13H2,(H2,14,18)(H,15,19). The number of nitrogens with one attached hydrogen (secondary N) is 1. The second kappa shape index (κ2) is 4.71. The molecule has 0 radical (unpaired) electrons. The van der Waals surface area contributed by atoms with Crippen LogP contribution >= 0.6 is 11.8 Å². The maximum absolute atomic E-state index is 11.7. The monoisotopic (exact) mass is 291 g/mol. The summed E-state index contributed by atoms with van der Waals surface area (Å²) in [4.78, 5) is 23.5. The molecule has 3 rings (SSSR count). The molecule has 1 aromatic heterocycles. The van der Waals surface area contributed by atoms with Gasteiger partial charge in [-0.3, -0.25) is 9.36 Å². The van der Waals surface area contributed by atoms with Crippen LogP contribution in [0.3, 0.4) is 0 Å². The summed E-state index contributed by atoms with van der Waals surface area (Å²) in [5, 5.41) is 7.04. The third-order valence-corrected chi connectivity index (χ3v) is 4.14. The smallest absolute Gasteiger partial charge is 0.344 e. The van der Waals surface area contributed by atoms with E-state index in [1.165, 1.54) is 17.8 Å². The number of primary amides is 1. The lowest BCUT2D eigenvalue weighted by molar-refractivity contribution is 0.100. The van der Waals surface area contributed by atoms with Crippen molar-refractivity contribution in [3.8, 4) is 0 Å². The average molecular weight is 291 g/mol. The van der Waals surface area contributed by atoms with Gasteiger partial charge in [-0.15, -0.1) is 5.10 Å². The van der Waals surface area contributed by atoms with Crippen LogP contribution in [-0.4, -0.2) is 20.7 Å².